The highest BCUT2D eigenvalue weighted by Gasteiger charge is 2.26. The van der Waals surface area contributed by atoms with Gasteiger partial charge in [-0.15, -0.1) is 0 Å². The van der Waals surface area contributed by atoms with E-state index in [9.17, 15) is 13.6 Å². The summed E-state index contributed by atoms with van der Waals surface area (Å²) < 4.78 is 26.9. The molecule has 0 atom stereocenters. The lowest BCUT2D eigenvalue weighted by Crippen LogP contribution is -2.47. The van der Waals surface area contributed by atoms with E-state index in [1.54, 1.807) is 12.1 Å². The van der Waals surface area contributed by atoms with Gasteiger partial charge >= 0.3 is 0 Å². The Morgan fingerprint density at radius 1 is 1.05 bits per heavy atom. The molecule has 0 unspecified atom stereocenters. The zero-order chi connectivity index (χ0) is 14.1. The van der Waals surface area contributed by atoms with Gasteiger partial charge in [-0.05, 0) is 35.9 Å². The minimum atomic E-state index is -0.456. The highest BCUT2D eigenvalue weighted by molar-refractivity contribution is 5.68. The predicted octanol–water partition coefficient (Wildman–Crippen LogP) is 3.27. The van der Waals surface area contributed by atoms with Gasteiger partial charge in [-0.3, -0.25) is 0 Å². The molecule has 0 aliphatic carbocycles. The fourth-order valence-corrected chi connectivity index (χ4v) is 2.38. The molecule has 4 heteroatoms. The van der Waals surface area contributed by atoms with Crippen LogP contribution in [-0.4, -0.2) is 19.4 Å². The number of rotatable bonds is 3. The van der Waals surface area contributed by atoms with Gasteiger partial charge in [-0.25, -0.2) is 8.78 Å². The lowest BCUT2D eigenvalue weighted by molar-refractivity contribution is -0.111. The predicted molar refractivity (Wildman–Crippen MR) is 73.6 cm³/mol. The molecule has 1 heterocycles. The van der Waals surface area contributed by atoms with Crippen LogP contribution in [-0.2, 0) is 4.79 Å². The van der Waals surface area contributed by atoms with Gasteiger partial charge in [0.1, 0.15) is 17.9 Å². The van der Waals surface area contributed by atoms with Crippen molar-refractivity contribution in [3.05, 3.63) is 54.1 Å². The molecule has 1 fully saturated rings. The summed E-state index contributed by atoms with van der Waals surface area (Å²) >= 11 is 0. The van der Waals surface area contributed by atoms with E-state index >= 15 is 0 Å². The maximum absolute atomic E-state index is 13.7. The van der Waals surface area contributed by atoms with Crippen molar-refractivity contribution >= 4 is 12.0 Å². The van der Waals surface area contributed by atoms with Gasteiger partial charge in [0.2, 0.25) is 0 Å². The van der Waals surface area contributed by atoms with Crippen LogP contribution in [0.15, 0.2) is 42.5 Å². The van der Waals surface area contributed by atoms with Crippen molar-refractivity contribution in [3.63, 3.8) is 0 Å². The van der Waals surface area contributed by atoms with Crippen molar-refractivity contribution in [2.24, 2.45) is 5.92 Å². The van der Waals surface area contributed by atoms with E-state index in [4.69, 9.17) is 0 Å². The first-order chi connectivity index (χ1) is 9.67. The third-order valence-electron chi connectivity index (χ3n) is 3.57. The summed E-state index contributed by atoms with van der Waals surface area (Å²) in [6.45, 7) is 1.44. The Kier molecular flexibility index (Phi) is 3.22. The van der Waals surface area contributed by atoms with E-state index < -0.39 is 11.6 Å². The first-order valence-corrected chi connectivity index (χ1v) is 6.43. The number of aldehydes is 1. The van der Waals surface area contributed by atoms with Crippen molar-refractivity contribution in [2.75, 3.05) is 18.0 Å². The van der Waals surface area contributed by atoms with Gasteiger partial charge in [-0.1, -0.05) is 12.1 Å². The molecule has 0 saturated carbocycles. The number of benzene rings is 2. The summed E-state index contributed by atoms with van der Waals surface area (Å²) in [6.07, 6.45) is 0.965. The first-order valence-electron chi connectivity index (χ1n) is 6.43. The van der Waals surface area contributed by atoms with E-state index in [1.165, 1.54) is 6.07 Å². The monoisotopic (exact) mass is 273 g/mol. The smallest absolute Gasteiger partial charge is 0.131 e. The second kappa shape index (κ2) is 5.04. The van der Waals surface area contributed by atoms with Gasteiger partial charge in [0, 0.05) is 30.3 Å². The van der Waals surface area contributed by atoms with Crippen LogP contribution in [0.3, 0.4) is 0 Å². The molecule has 20 heavy (non-hydrogen) atoms. The molecule has 0 spiro atoms. The zero-order valence-corrected chi connectivity index (χ0v) is 10.7. The Bertz CT molecular complexity index is 633. The Morgan fingerprint density at radius 2 is 1.75 bits per heavy atom. The van der Waals surface area contributed by atoms with Crippen molar-refractivity contribution in [2.45, 2.75) is 0 Å². The molecule has 2 nitrogen and oxygen atoms in total. The zero-order valence-electron chi connectivity index (χ0n) is 10.7. The Morgan fingerprint density at radius 3 is 2.40 bits per heavy atom. The van der Waals surface area contributed by atoms with Gasteiger partial charge < -0.3 is 9.69 Å². The SMILES string of the molecule is O=CC1CN(c2ccc(-c3cc(F)ccc3F)cc2)C1. The van der Waals surface area contributed by atoms with Gasteiger partial charge in [0.15, 0.2) is 0 Å². The normalized spacial score (nSPS) is 15.0. The third-order valence-corrected chi connectivity index (χ3v) is 3.57. The van der Waals surface area contributed by atoms with Crippen LogP contribution in [0.4, 0.5) is 14.5 Å². The second-order valence-corrected chi connectivity index (χ2v) is 4.97. The van der Waals surface area contributed by atoms with Gasteiger partial charge in [0.05, 0.1) is 0 Å². The maximum Gasteiger partial charge on any atom is 0.131 e. The molecule has 1 saturated heterocycles. The number of halogens is 2. The molecular formula is C16H13F2NO. The molecule has 0 radical (unpaired) electrons. The van der Waals surface area contributed by atoms with Crippen LogP contribution in [0.1, 0.15) is 0 Å². The summed E-state index contributed by atoms with van der Waals surface area (Å²) in [5, 5.41) is 0. The van der Waals surface area contributed by atoms with Crippen LogP contribution in [0.5, 0.6) is 0 Å². The number of carbonyl (C=O) groups excluding carboxylic acids is 1. The number of anilines is 1. The van der Waals surface area contributed by atoms with E-state index in [0.29, 0.717) is 5.56 Å². The molecule has 0 bridgehead atoms. The Balaban J connectivity index is 1.83. The van der Waals surface area contributed by atoms with Crippen LogP contribution in [0.25, 0.3) is 11.1 Å². The summed E-state index contributed by atoms with van der Waals surface area (Å²) in [6, 6.07) is 10.7. The van der Waals surface area contributed by atoms with Crippen molar-refractivity contribution in [1.82, 2.24) is 0 Å². The number of hydrogen-bond acceptors (Lipinski definition) is 2. The highest BCUT2D eigenvalue weighted by Crippen LogP contribution is 2.28. The fourth-order valence-electron chi connectivity index (χ4n) is 2.38. The lowest BCUT2D eigenvalue weighted by atomic mass is 9.99. The fraction of sp³-hybridized carbons (Fsp3) is 0.188. The van der Waals surface area contributed by atoms with Crippen molar-refractivity contribution in [3.8, 4) is 11.1 Å². The van der Waals surface area contributed by atoms with E-state index in [-0.39, 0.29) is 11.5 Å². The minimum absolute atomic E-state index is 0.107. The largest absolute Gasteiger partial charge is 0.370 e. The molecule has 0 aromatic heterocycles. The van der Waals surface area contributed by atoms with Crippen LogP contribution >= 0.6 is 0 Å². The van der Waals surface area contributed by atoms with Gasteiger partial charge in [-0.2, -0.15) is 0 Å². The van der Waals surface area contributed by atoms with E-state index in [2.05, 4.69) is 4.90 Å². The van der Waals surface area contributed by atoms with E-state index in [0.717, 1.165) is 37.2 Å². The van der Waals surface area contributed by atoms with Crippen LogP contribution in [0, 0.1) is 17.6 Å². The summed E-state index contributed by atoms with van der Waals surface area (Å²) in [5.41, 5.74) is 1.88. The van der Waals surface area contributed by atoms with E-state index in [1.807, 2.05) is 12.1 Å². The highest BCUT2D eigenvalue weighted by atomic mass is 19.1. The molecule has 1 aliphatic rings. The average Bonchev–Trinajstić information content (AvgIpc) is 2.41. The molecule has 1 aliphatic heterocycles. The van der Waals surface area contributed by atoms with Crippen LogP contribution < -0.4 is 4.90 Å². The summed E-state index contributed by atoms with van der Waals surface area (Å²) in [4.78, 5) is 12.6. The molecule has 3 rings (SSSR count). The first kappa shape index (κ1) is 12.8. The number of carbonyl (C=O) groups is 1. The van der Waals surface area contributed by atoms with Crippen molar-refractivity contribution in [1.29, 1.82) is 0 Å². The third kappa shape index (κ3) is 2.29. The molecule has 0 N–H and O–H groups in total. The summed E-state index contributed by atoms with van der Waals surface area (Å²) in [7, 11) is 0. The molecule has 2 aromatic rings. The van der Waals surface area contributed by atoms with Crippen LogP contribution in [0.2, 0.25) is 0 Å². The molecule has 0 amide bonds. The lowest BCUT2D eigenvalue weighted by Gasteiger charge is -2.38. The minimum Gasteiger partial charge on any atom is -0.370 e. The summed E-state index contributed by atoms with van der Waals surface area (Å²) in [5.74, 6) is -0.790. The topological polar surface area (TPSA) is 20.3 Å². The molecule has 102 valence electrons. The van der Waals surface area contributed by atoms with Crippen molar-refractivity contribution < 1.29 is 13.6 Å². The standard InChI is InChI=1S/C16H13F2NO/c17-13-3-6-16(18)15(7-13)12-1-4-14(5-2-12)19-8-11(9-19)10-20/h1-7,10-11H,8-9H2. The quantitative estimate of drug-likeness (QED) is 0.800. The average molecular weight is 273 g/mol. The number of nitrogens with zero attached hydrogens (tertiary/aromatic N) is 1. The molecular weight excluding hydrogens is 260 g/mol. The Labute approximate surface area is 115 Å². The second-order valence-electron chi connectivity index (χ2n) is 4.97. The van der Waals surface area contributed by atoms with Gasteiger partial charge in [0.25, 0.3) is 0 Å². The number of hydrogen-bond donors (Lipinski definition) is 0. The maximum atomic E-state index is 13.7. The molecule has 2 aromatic carbocycles. The Hall–Kier alpha value is -2.23.